The molecule has 1 amide bonds. The van der Waals surface area contributed by atoms with Crippen molar-refractivity contribution in [3.05, 3.63) is 24.3 Å². The molecule has 0 spiro atoms. The Hall–Kier alpha value is -1.75. The van der Waals surface area contributed by atoms with Gasteiger partial charge in [-0.3, -0.25) is 4.79 Å². The first-order chi connectivity index (χ1) is 10.0. The van der Waals surface area contributed by atoms with E-state index < -0.39 is 5.54 Å². The van der Waals surface area contributed by atoms with E-state index >= 15 is 0 Å². The van der Waals surface area contributed by atoms with Crippen LogP contribution in [-0.2, 0) is 4.79 Å². The van der Waals surface area contributed by atoms with Gasteiger partial charge in [-0.25, -0.2) is 0 Å². The van der Waals surface area contributed by atoms with Gasteiger partial charge in [0.1, 0.15) is 11.3 Å². The third-order valence-corrected chi connectivity index (χ3v) is 5.08. The van der Waals surface area contributed by atoms with Crippen molar-refractivity contribution in [2.24, 2.45) is 5.73 Å². The molecule has 3 N–H and O–H groups in total. The predicted molar refractivity (Wildman–Crippen MR) is 82.3 cm³/mol. The van der Waals surface area contributed by atoms with Crippen LogP contribution in [0.4, 0.5) is 5.69 Å². The molecule has 1 aromatic carbocycles. The molecule has 0 aliphatic carbocycles. The summed E-state index contributed by atoms with van der Waals surface area (Å²) in [6.45, 7) is 0. The smallest absolute Gasteiger partial charge is 0.243 e. The first kappa shape index (κ1) is 14.2. The number of hydrogen-bond acceptors (Lipinski definition) is 4. The van der Waals surface area contributed by atoms with Crippen LogP contribution in [-0.4, -0.2) is 42.6 Å². The molecule has 2 saturated heterocycles. The van der Waals surface area contributed by atoms with Gasteiger partial charge < -0.3 is 20.7 Å². The van der Waals surface area contributed by atoms with E-state index in [2.05, 4.69) is 17.3 Å². The minimum absolute atomic E-state index is 0.254. The van der Waals surface area contributed by atoms with Crippen molar-refractivity contribution < 1.29 is 9.53 Å². The number of primary amides is 1. The minimum atomic E-state index is -0.648. The molecule has 1 aromatic rings. The molecule has 0 radical (unpaired) electrons. The molecule has 5 heteroatoms. The first-order valence-corrected chi connectivity index (χ1v) is 7.48. The van der Waals surface area contributed by atoms with E-state index in [-0.39, 0.29) is 5.91 Å². The summed E-state index contributed by atoms with van der Waals surface area (Å²) in [5.41, 5.74) is 6.01. The summed E-state index contributed by atoms with van der Waals surface area (Å²) in [5, 5.41) is 3.41. The average Bonchev–Trinajstić information content (AvgIpc) is 2.70. The fourth-order valence-corrected chi connectivity index (χ4v) is 3.81. The van der Waals surface area contributed by atoms with Gasteiger partial charge in [0.05, 0.1) is 7.11 Å². The van der Waals surface area contributed by atoms with Gasteiger partial charge in [0.15, 0.2) is 0 Å². The lowest BCUT2D eigenvalue weighted by Gasteiger charge is -2.44. The summed E-state index contributed by atoms with van der Waals surface area (Å²) in [4.78, 5) is 14.6. The quantitative estimate of drug-likeness (QED) is 0.883. The number of methoxy groups -OCH3 is 1. The van der Waals surface area contributed by atoms with Gasteiger partial charge in [0.25, 0.3) is 0 Å². The van der Waals surface area contributed by atoms with E-state index in [0.29, 0.717) is 12.1 Å². The largest absolute Gasteiger partial charge is 0.497 e. The number of amides is 1. The molecule has 0 saturated carbocycles. The molecule has 2 bridgehead atoms. The minimum Gasteiger partial charge on any atom is -0.497 e. The maximum Gasteiger partial charge on any atom is 0.243 e. The van der Waals surface area contributed by atoms with Crippen LogP contribution in [0.2, 0.25) is 0 Å². The summed E-state index contributed by atoms with van der Waals surface area (Å²) in [7, 11) is 3.79. The Balaban J connectivity index is 1.87. The standard InChI is InChI=1S/C16H23N3O2/c1-19-12-6-7-13(19)10-16(9-12,15(17)20)18-11-4-3-5-14(8-11)21-2/h3-5,8,12-13,18H,6-7,9-10H2,1-2H3,(H2,17,20). The monoisotopic (exact) mass is 289 g/mol. The zero-order valence-corrected chi connectivity index (χ0v) is 12.6. The second-order valence-electron chi connectivity index (χ2n) is 6.26. The Morgan fingerprint density at radius 3 is 2.62 bits per heavy atom. The molecule has 5 nitrogen and oxygen atoms in total. The third-order valence-electron chi connectivity index (χ3n) is 5.08. The number of nitrogens with one attached hydrogen (secondary N) is 1. The normalized spacial score (nSPS) is 31.9. The van der Waals surface area contributed by atoms with Crippen LogP contribution in [0.5, 0.6) is 5.75 Å². The highest BCUT2D eigenvalue weighted by Crippen LogP contribution is 2.41. The van der Waals surface area contributed by atoms with Crippen molar-refractivity contribution in [2.45, 2.75) is 43.3 Å². The Bertz CT molecular complexity index is 532. The number of carbonyl (C=O) groups is 1. The third kappa shape index (κ3) is 2.46. The van der Waals surface area contributed by atoms with Gasteiger partial charge in [-0.15, -0.1) is 0 Å². The fourth-order valence-electron chi connectivity index (χ4n) is 3.81. The number of nitrogens with two attached hydrogens (primary N) is 1. The summed E-state index contributed by atoms with van der Waals surface area (Å²) in [6.07, 6.45) is 3.84. The number of nitrogens with zero attached hydrogens (tertiary/aromatic N) is 1. The SMILES string of the molecule is COc1cccc(NC2(C(N)=O)CC3CCC(C2)N3C)c1. The lowest BCUT2D eigenvalue weighted by Crippen LogP contribution is -2.59. The van der Waals surface area contributed by atoms with Crippen LogP contribution in [0, 0.1) is 0 Å². The molecule has 114 valence electrons. The van der Waals surface area contributed by atoms with Gasteiger partial charge in [-0.2, -0.15) is 0 Å². The summed E-state index contributed by atoms with van der Waals surface area (Å²) in [6, 6.07) is 8.54. The second kappa shape index (κ2) is 5.22. The number of anilines is 1. The maximum absolute atomic E-state index is 12.2. The summed E-state index contributed by atoms with van der Waals surface area (Å²) >= 11 is 0. The van der Waals surface area contributed by atoms with E-state index in [9.17, 15) is 4.79 Å². The van der Waals surface area contributed by atoms with Gasteiger partial charge in [0.2, 0.25) is 5.91 Å². The maximum atomic E-state index is 12.2. The average molecular weight is 289 g/mol. The van der Waals surface area contributed by atoms with Crippen molar-refractivity contribution in [3.8, 4) is 5.75 Å². The number of ether oxygens (including phenoxy) is 1. The van der Waals surface area contributed by atoms with E-state index in [4.69, 9.17) is 10.5 Å². The highest BCUT2D eigenvalue weighted by Gasteiger charge is 2.50. The molecule has 0 aromatic heterocycles. The van der Waals surface area contributed by atoms with E-state index in [0.717, 1.165) is 37.1 Å². The van der Waals surface area contributed by atoms with Crippen LogP contribution >= 0.6 is 0 Å². The van der Waals surface area contributed by atoms with E-state index in [1.165, 1.54) is 0 Å². The molecule has 2 fully saturated rings. The summed E-state index contributed by atoms with van der Waals surface area (Å²) in [5.74, 6) is 0.519. The molecular weight excluding hydrogens is 266 g/mol. The zero-order valence-electron chi connectivity index (χ0n) is 12.6. The molecule has 2 unspecified atom stereocenters. The van der Waals surface area contributed by atoms with E-state index in [1.54, 1.807) is 7.11 Å². The number of piperidine rings is 1. The van der Waals surface area contributed by atoms with E-state index in [1.807, 2.05) is 24.3 Å². The Morgan fingerprint density at radius 1 is 1.38 bits per heavy atom. The van der Waals surface area contributed by atoms with Gasteiger partial charge in [-0.1, -0.05) is 6.07 Å². The van der Waals surface area contributed by atoms with Gasteiger partial charge >= 0.3 is 0 Å². The van der Waals surface area contributed by atoms with Crippen molar-refractivity contribution in [2.75, 3.05) is 19.5 Å². The van der Waals surface area contributed by atoms with Crippen LogP contribution in [0.1, 0.15) is 25.7 Å². The highest BCUT2D eigenvalue weighted by atomic mass is 16.5. The van der Waals surface area contributed by atoms with Crippen molar-refractivity contribution in [1.29, 1.82) is 0 Å². The van der Waals surface area contributed by atoms with Crippen molar-refractivity contribution >= 4 is 11.6 Å². The molecule has 2 aliphatic rings. The second-order valence-corrected chi connectivity index (χ2v) is 6.26. The number of rotatable bonds is 4. The zero-order chi connectivity index (χ0) is 15.0. The molecule has 3 rings (SSSR count). The molecule has 2 atom stereocenters. The molecule has 2 aliphatic heterocycles. The van der Waals surface area contributed by atoms with Crippen LogP contribution < -0.4 is 15.8 Å². The molecular formula is C16H23N3O2. The van der Waals surface area contributed by atoms with Gasteiger partial charge in [0, 0.05) is 23.8 Å². The van der Waals surface area contributed by atoms with Crippen LogP contribution in [0.15, 0.2) is 24.3 Å². The topological polar surface area (TPSA) is 67.6 Å². The van der Waals surface area contributed by atoms with Gasteiger partial charge in [-0.05, 0) is 44.9 Å². The number of fused-ring (bicyclic) bond motifs is 2. The number of hydrogen-bond donors (Lipinski definition) is 2. The number of carbonyl (C=O) groups excluding carboxylic acids is 1. The predicted octanol–water partition coefficient (Wildman–Crippen LogP) is 1.59. The van der Waals surface area contributed by atoms with Crippen molar-refractivity contribution in [1.82, 2.24) is 4.90 Å². The van der Waals surface area contributed by atoms with Crippen LogP contribution in [0.3, 0.4) is 0 Å². The number of benzene rings is 1. The van der Waals surface area contributed by atoms with Crippen LogP contribution in [0.25, 0.3) is 0 Å². The molecule has 2 heterocycles. The Labute approximate surface area is 125 Å². The summed E-state index contributed by atoms with van der Waals surface area (Å²) < 4.78 is 5.24. The lowest BCUT2D eigenvalue weighted by molar-refractivity contribution is -0.124. The Morgan fingerprint density at radius 2 is 2.05 bits per heavy atom. The van der Waals surface area contributed by atoms with Crippen molar-refractivity contribution in [3.63, 3.8) is 0 Å². The fraction of sp³-hybridized carbons (Fsp3) is 0.562. The molecule has 21 heavy (non-hydrogen) atoms. The first-order valence-electron chi connectivity index (χ1n) is 7.48. The Kier molecular flexibility index (Phi) is 3.53. The lowest BCUT2D eigenvalue weighted by atomic mass is 9.82. The highest BCUT2D eigenvalue weighted by molar-refractivity contribution is 5.88.